The minimum atomic E-state index is -0.380. The summed E-state index contributed by atoms with van der Waals surface area (Å²) < 4.78 is 5.13. The second-order valence-electron chi connectivity index (χ2n) is 6.62. The molecule has 1 N–H and O–H groups in total. The largest absolute Gasteiger partial charge is 0.496 e. The van der Waals surface area contributed by atoms with Gasteiger partial charge in [0.25, 0.3) is 5.69 Å². The Bertz CT molecular complexity index is 504. The molecule has 1 saturated carbocycles. The van der Waals surface area contributed by atoms with Crippen LogP contribution < -0.4 is 10.1 Å². The Kier molecular flexibility index (Phi) is 4.83. The molecule has 116 valence electrons. The maximum absolute atomic E-state index is 10.9. The molecular weight excluding hydrogens is 268 g/mol. The van der Waals surface area contributed by atoms with Crippen LogP contribution in [0.1, 0.15) is 45.1 Å². The smallest absolute Gasteiger partial charge is 0.273 e. The van der Waals surface area contributed by atoms with Gasteiger partial charge in [0.15, 0.2) is 0 Å². The molecule has 21 heavy (non-hydrogen) atoms. The van der Waals surface area contributed by atoms with Crippen molar-refractivity contribution in [3.05, 3.63) is 33.9 Å². The highest BCUT2D eigenvalue weighted by Gasteiger charge is 2.26. The second-order valence-corrected chi connectivity index (χ2v) is 6.62. The van der Waals surface area contributed by atoms with Crippen molar-refractivity contribution >= 4 is 5.69 Å². The quantitative estimate of drug-likeness (QED) is 0.664. The Hall–Kier alpha value is -1.62. The summed E-state index contributed by atoms with van der Waals surface area (Å²) in [5.74, 6) is 0.533. The summed E-state index contributed by atoms with van der Waals surface area (Å²) in [4.78, 5) is 10.5. The van der Waals surface area contributed by atoms with Gasteiger partial charge in [-0.25, -0.2) is 0 Å². The van der Waals surface area contributed by atoms with Gasteiger partial charge >= 0.3 is 0 Å². The Morgan fingerprint density at radius 2 is 2.00 bits per heavy atom. The summed E-state index contributed by atoms with van der Waals surface area (Å²) >= 11 is 0. The van der Waals surface area contributed by atoms with E-state index < -0.39 is 0 Å². The monoisotopic (exact) mass is 292 g/mol. The normalized spacial score (nSPS) is 18.4. The Labute approximate surface area is 125 Å². The molecule has 0 spiro atoms. The molecule has 0 heterocycles. The lowest BCUT2D eigenvalue weighted by Crippen LogP contribution is -2.35. The van der Waals surface area contributed by atoms with Crippen LogP contribution in [0.25, 0.3) is 0 Å². The van der Waals surface area contributed by atoms with Crippen LogP contribution in [0.5, 0.6) is 5.75 Å². The molecule has 0 unspecified atom stereocenters. The van der Waals surface area contributed by atoms with Crippen LogP contribution in [0.4, 0.5) is 5.69 Å². The average molecular weight is 292 g/mol. The minimum absolute atomic E-state index is 0.0796. The molecule has 0 radical (unpaired) electrons. The summed E-state index contributed by atoms with van der Waals surface area (Å²) in [6, 6.07) is 5.42. The molecule has 5 heteroatoms. The number of hydrogen-bond donors (Lipinski definition) is 1. The zero-order chi connectivity index (χ0) is 15.5. The second kappa shape index (κ2) is 6.43. The lowest BCUT2D eigenvalue weighted by atomic mass is 9.75. The summed E-state index contributed by atoms with van der Waals surface area (Å²) in [5.41, 5.74) is 1.43. The third kappa shape index (κ3) is 4.43. The van der Waals surface area contributed by atoms with Crippen LogP contribution >= 0.6 is 0 Å². The third-order valence-corrected chi connectivity index (χ3v) is 4.33. The van der Waals surface area contributed by atoms with Gasteiger partial charge in [0.05, 0.1) is 18.1 Å². The van der Waals surface area contributed by atoms with E-state index in [0.29, 0.717) is 23.8 Å². The van der Waals surface area contributed by atoms with E-state index in [1.807, 2.05) is 6.07 Å². The van der Waals surface area contributed by atoms with Crippen LogP contribution in [0.3, 0.4) is 0 Å². The van der Waals surface area contributed by atoms with Gasteiger partial charge < -0.3 is 10.1 Å². The highest BCUT2D eigenvalue weighted by molar-refractivity contribution is 5.42. The van der Waals surface area contributed by atoms with E-state index >= 15 is 0 Å². The van der Waals surface area contributed by atoms with Crippen molar-refractivity contribution in [2.75, 3.05) is 7.11 Å². The van der Waals surface area contributed by atoms with E-state index in [1.54, 1.807) is 6.07 Å². The fourth-order valence-electron chi connectivity index (χ4n) is 2.83. The van der Waals surface area contributed by atoms with E-state index in [1.165, 1.54) is 38.9 Å². The zero-order valence-electron chi connectivity index (χ0n) is 13.0. The Morgan fingerprint density at radius 1 is 1.33 bits per heavy atom. The summed E-state index contributed by atoms with van der Waals surface area (Å²) in [7, 11) is 1.53. The molecule has 1 aromatic rings. The molecule has 0 saturated heterocycles. The van der Waals surface area contributed by atoms with Crippen LogP contribution in [0.15, 0.2) is 18.2 Å². The lowest BCUT2D eigenvalue weighted by Gasteiger charge is -2.34. The number of methoxy groups -OCH3 is 1. The average Bonchev–Trinajstić information content (AvgIpc) is 2.45. The Morgan fingerprint density at radius 3 is 2.57 bits per heavy atom. The molecule has 1 aromatic carbocycles. The number of benzene rings is 1. The first-order chi connectivity index (χ1) is 9.89. The van der Waals surface area contributed by atoms with Gasteiger partial charge in [0.1, 0.15) is 5.75 Å². The van der Waals surface area contributed by atoms with Crippen LogP contribution in [-0.4, -0.2) is 18.1 Å². The lowest BCUT2D eigenvalue weighted by molar-refractivity contribution is -0.385. The van der Waals surface area contributed by atoms with Crippen molar-refractivity contribution in [1.82, 2.24) is 5.32 Å². The van der Waals surface area contributed by atoms with Crippen LogP contribution in [-0.2, 0) is 6.54 Å². The number of hydrogen-bond acceptors (Lipinski definition) is 4. The van der Waals surface area contributed by atoms with Crippen molar-refractivity contribution in [3.8, 4) is 5.75 Å². The van der Waals surface area contributed by atoms with E-state index in [-0.39, 0.29) is 10.6 Å². The molecule has 0 aliphatic heterocycles. The summed E-state index contributed by atoms with van der Waals surface area (Å²) in [6.45, 7) is 5.27. The van der Waals surface area contributed by atoms with Gasteiger partial charge in [-0.3, -0.25) is 10.1 Å². The molecule has 0 bridgehead atoms. The van der Waals surface area contributed by atoms with Gasteiger partial charge in [-0.2, -0.15) is 0 Å². The maximum Gasteiger partial charge on any atom is 0.273 e. The zero-order valence-corrected chi connectivity index (χ0v) is 13.0. The van der Waals surface area contributed by atoms with E-state index in [2.05, 4.69) is 19.2 Å². The molecule has 1 aliphatic carbocycles. The number of non-ortho nitro benzene ring substituents is 1. The number of ether oxygens (including phenoxy) is 1. The molecule has 1 fully saturated rings. The first-order valence-corrected chi connectivity index (χ1v) is 7.45. The van der Waals surface area contributed by atoms with Crippen LogP contribution in [0, 0.1) is 15.5 Å². The topological polar surface area (TPSA) is 64.4 Å². The predicted octanol–water partition coefficient (Wildman–Crippen LogP) is 3.66. The van der Waals surface area contributed by atoms with E-state index in [4.69, 9.17) is 4.74 Å². The van der Waals surface area contributed by atoms with Gasteiger partial charge in [-0.05, 0) is 42.7 Å². The molecule has 2 rings (SSSR count). The predicted molar refractivity (Wildman–Crippen MR) is 82.5 cm³/mol. The number of rotatable bonds is 5. The van der Waals surface area contributed by atoms with Gasteiger partial charge in [0, 0.05) is 18.7 Å². The molecule has 0 aromatic heterocycles. The maximum atomic E-state index is 10.9. The van der Waals surface area contributed by atoms with Crippen molar-refractivity contribution in [3.63, 3.8) is 0 Å². The number of nitro benzene ring substituents is 1. The highest BCUT2D eigenvalue weighted by Crippen LogP contribution is 2.35. The number of nitrogens with one attached hydrogen (secondary N) is 1. The van der Waals surface area contributed by atoms with Crippen molar-refractivity contribution < 1.29 is 9.66 Å². The fraction of sp³-hybridized carbons (Fsp3) is 0.625. The standard InChI is InChI=1S/C16H24N2O3/c1-16(2)6-4-13(5-7-16)17-11-12-8-14(18(19)20)10-15(9-12)21-3/h8-10,13,17H,4-7,11H2,1-3H3. The van der Waals surface area contributed by atoms with Gasteiger partial charge in [-0.1, -0.05) is 13.8 Å². The molecule has 1 aliphatic rings. The Balaban J connectivity index is 1.97. The van der Waals surface area contributed by atoms with Gasteiger partial charge in [-0.15, -0.1) is 0 Å². The first-order valence-electron chi connectivity index (χ1n) is 7.45. The third-order valence-electron chi connectivity index (χ3n) is 4.33. The van der Waals surface area contributed by atoms with Gasteiger partial charge in [0.2, 0.25) is 0 Å². The van der Waals surface area contributed by atoms with Crippen molar-refractivity contribution in [2.24, 2.45) is 5.41 Å². The van der Waals surface area contributed by atoms with Crippen molar-refractivity contribution in [1.29, 1.82) is 0 Å². The van der Waals surface area contributed by atoms with Crippen LogP contribution in [0.2, 0.25) is 0 Å². The molecule has 5 nitrogen and oxygen atoms in total. The number of nitrogens with zero attached hydrogens (tertiary/aromatic N) is 1. The molecule has 0 atom stereocenters. The fourth-order valence-corrected chi connectivity index (χ4v) is 2.83. The highest BCUT2D eigenvalue weighted by atomic mass is 16.6. The summed E-state index contributed by atoms with van der Waals surface area (Å²) in [5, 5.41) is 14.4. The number of nitro groups is 1. The molecular formula is C16H24N2O3. The first kappa shape index (κ1) is 15.8. The van der Waals surface area contributed by atoms with E-state index in [0.717, 1.165) is 5.56 Å². The minimum Gasteiger partial charge on any atom is -0.496 e. The summed E-state index contributed by atoms with van der Waals surface area (Å²) in [6.07, 6.45) is 4.78. The van der Waals surface area contributed by atoms with E-state index in [9.17, 15) is 10.1 Å². The molecule has 0 amide bonds. The SMILES string of the molecule is COc1cc(CNC2CCC(C)(C)CC2)cc([N+](=O)[O-])c1. The van der Waals surface area contributed by atoms with Crippen molar-refractivity contribution in [2.45, 2.75) is 52.1 Å².